The van der Waals surface area contributed by atoms with Crippen LogP contribution in [0.2, 0.25) is 0 Å². The minimum Gasteiger partial charge on any atom is -0.324 e. The van der Waals surface area contributed by atoms with Crippen LogP contribution < -0.4 is 11.3 Å². The van der Waals surface area contributed by atoms with Gasteiger partial charge in [0.25, 0.3) is 5.56 Å². The third-order valence-electron chi connectivity index (χ3n) is 3.90. The molecule has 0 radical (unpaired) electrons. The minimum absolute atomic E-state index is 0.0289. The summed E-state index contributed by atoms with van der Waals surface area (Å²) < 4.78 is 1.88. The molecule has 2 rings (SSSR count). The Hall–Kier alpha value is -1.87. The van der Waals surface area contributed by atoms with Gasteiger partial charge in [-0.3, -0.25) is 4.79 Å². The van der Waals surface area contributed by atoms with Crippen LogP contribution in [0.3, 0.4) is 0 Å². The lowest BCUT2D eigenvalue weighted by molar-refractivity contribution is 0.510. The van der Waals surface area contributed by atoms with E-state index in [1.807, 2.05) is 23.6 Å². The second-order valence-electron chi connectivity index (χ2n) is 6.59. The Balaban J connectivity index is 2.69. The first-order valence-corrected chi connectivity index (χ1v) is 7.88. The molecule has 3 nitrogen and oxygen atoms in total. The zero-order valence-electron chi connectivity index (χ0n) is 14.2. The van der Waals surface area contributed by atoms with E-state index in [-0.39, 0.29) is 11.6 Å². The van der Waals surface area contributed by atoms with Gasteiger partial charge < -0.3 is 10.3 Å². The zero-order chi connectivity index (χ0) is 16.4. The van der Waals surface area contributed by atoms with Gasteiger partial charge in [0.05, 0.1) is 5.69 Å². The van der Waals surface area contributed by atoms with Crippen molar-refractivity contribution in [3.05, 3.63) is 57.4 Å². The van der Waals surface area contributed by atoms with Crippen molar-refractivity contribution in [1.82, 2.24) is 4.57 Å². The summed E-state index contributed by atoms with van der Waals surface area (Å²) in [6.45, 7) is 11.0. The predicted molar refractivity (Wildman–Crippen MR) is 93.1 cm³/mol. The molecule has 1 heterocycles. The van der Waals surface area contributed by atoms with E-state index in [2.05, 4.69) is 45.9 Å². The molecule has 0 fully saturated rings. The maximum Gasteiger partial charge on any atom is 0.255 e. The number of nitrogens with zero attached hydrogens (tertiary/aromatic N) is 1. The smallest absolute Gasteiger partial charge is 0.255 e. The molecule has 1 atom stereocenters. The topological polar surface area (TPSA) is 48.0 Å². The molecule has 3 heteroatoms. The normalized spacial score (nSPS) is 12.7. The highest BCUT2D eigenvalue weighted by molar-refractivity contribution is 5.64. The molecule has 118 valence electrons. The third-order valence-corrected chi connectivity index (χ3v) is 3.90. The van der Waals surface area contributed by atoms with Gasteiger partial charge in [-0.1, -0.05) is 37.6 Å². The Morgan fingerprint density at radius 3 is 2.32 bits per heavy atom. The molecule has 0 spiro atoms. The molecule has 0 aliphatic heterocycles. The molecule has 1 unspecified atom stereocenters. The van der Waals surface area contributed by atoms with Gasteiger partial charge in [0.15, 0.2) is 0 Å². The number of hydrogen-bond acceptors (Lipinski definition) is 2. The Kier molecular flexibility index (Phi) is 4.87. The first kappa shape index (κ1) is 16.5. The quantitative estimate of drug-likeness (QED) is 0.933. The van der Waals surface area contributed by atoms with E-state index in [0.717, 1.165) is 11.3 Å². The van der Waals surface area contributed by atoms with Crippen molar-refractivity contribution in [3.63, 3.8) is 0 Å². The second-order valence-corrected chi connectivity index (χ2v) is 6.59. The summed E-state index contributed by atoms with van der Waals surface area (Å²) >= 11 is 0. The summed E-state index contributed by atoms with van der Waals surface area (Å²) in [4.78, 5) is 12.8. The van der Waals surface area contributed by atoms with Crippen LogP contribution >= 0.6 is 0 Å². The zero-order valence-corrected chi connectivity index (χ0v) is 14.2. The van der Waals surface area contributed by atoms with E-state index in [4.69, 9.17) is 5.73 Å². The number of rotatable bonds is 4. The summed E-state index contributed by atoms with van der Waals surface area (Å²) in [5, 5.41) is 0. The fourth-order valence-corrected chi connectivity index (χ4v) is 2.82. The fraction of sp³-hybridized carbons (Fsp3) is 0.421. The van der Waals surface area contributed by atoms with E-state index < -0.39 is 0 Å². The van der Waals surface area contributed by atoms with Gasteiger partial charge in [0, 0.05) is 23.7 Å². The van der Waals surface area contributed by atoms with Gasteiger partial charge in [0.1, 0.15) is 0 Å². The van der Waals surface area contributed by atoms with Crippen molar-refractivity contribution >= 4 is 0 Å². The molecule has 0 saturated carbocycles. The van der Waals surface area contributed by atoms with Gasteiger partial charge >= 0.3 is 0 Å². The highest BCUT2D eigenvalue weighted by Crippen LogP contribution is 2.25. The first-order valence-electron chi connectivity index (χ1n) is 7.88. The molecule has 2 aromatic rings. The summed E-state index contributed by atoms with van der Waals surface area (Å²) in [5.41, 5.74) is 11.1. The van der Waals surface area contributed by atoms with Crippen LogP contribution in [-0.4, -0.2) is 4.57 Å². The number of nitrogens with two attached hydrogens (primary N) is 1. The number of aromatic nitrogens is 1. The van der Waals surface area contributed by atoms with Crippen LogP contribution in [0.25, 0.3) is 11.3 Å². The molecule has 22 heavy (non-hydrogen) atoms. The van der Waals surface area contributed by atoms with Crippen molar-refractivity contribution in [3.8, 4) is 11.3 Å². The second kappa shape index (κ2) is 6.49. The first-order chi connectivity index (χ1) is 10.3. The summed E-state index contributed by atoms with van der Waals surface area (Å²) in [7, 11) is 0. The van der Waals surface area contributed by atoms with Gasteiger partial charge in [-0.15, -0.1) is 0 Å². The van der Waals surface area contributed by atoms with E-state index >= 15 is 0 Å². The molecule has 1 aromatic heterocycles. The van der Waals surface area contributed by atoms with Crippen molar-refractivity contribution in [2.24, 2.45) is 11.7 Å². The van der Waals surface area contributed by atoms with Crippen molar-refractivity contribution < 1.29 is 0 Å². The number of hydrogen-bond donors (Lipinski definition) is 1. The maximum atomic E-state index is 12.8. The van der Waals surface area contributed by atoms with Crippen LogP contribution in [-0.2, 0) is 6.54 Å². The molecule has 0 amide bonds. The number of benzene rings is 1. The molecule has 1 aromatic carbocycles. The van der Waals surface area contributed by atoms with E-state index in [1.165, 1.54) is 11.1 Å². The fourth-order valence-electron chi connectivity index (χ4n) is 2.82. The number of aryl methyl sites for hydroxylation is 2. The lowest BCUT2D eigenvalue weighted by Gasteiger charge is -2.19. The number of pyridine rings is 1. The van der Waals surface area contributed by atoms with Crippen molar-refractivity contribution in [2.45, 2.75) is 47.2 Å². The predicted octanol–water partition coefficient (Wildman–Crippen LogP) is 3.81. The minimum atomic E-state index is -0.251. The van der Waals surface area contributed by atoms with E-state index in [9.17, 15) is 4.79 Å². The van der Waals surface area contributed by atoms with Gasteiger partial charge in [-0.25, -0.2) is 0 Å². The largest absolute Gasteiger partial charge is 0.324 e. The monoisotopic (exact) mass is 298 g/mol. The summed E-state index contributed by atoms with van der Waals surface area (Å²) in [6, 6.07) is 9.99. The highest BCUT2D eigenvalue weighted by Gasteiger charge is 2.15. The molecule has 0 bridgehead atoms. The molecular formula is C19H26N2O. The van der Waals surface area contributed by atoms with Gasteiger partial charge in [-0.05, 0) is 44.4 Å². The maximum absolute atomic E-state index is 12.8. The Labute approximate surface area is 132 Å². The van der Waals surface area contributed by atoms with Crippen LogP contribution in [0.1, 0.15) is 43.5 Å². The average Bonchev–Trinajstić information content (AvgIpc) is 2.40. The molecular weight excluding hydrogens is 272 g/mol. The van der Waals surface area contributed by atoms with Crippen molar-refractivity contribution in [2.75, 3.05) is 0 Å². The SMILES string of the molecule is Cc1ccc(-c2ccc(C(C)N)c(=O)n2CC(C)C)c(C)c1. The van der Waals surface area contributed by atoms with E-state index in [0.29, 0.717) is 18.0 Å². The average molecular weight is 298 g/mol. The Bertz CT molecular complexity index is 727. The van der Waals surface area contributed by atoms with Crippen LogP contribution in [0.4, 0.5) is 0 Å². The molecule has 2 N–H and O–H groups in total. The van der Waals surface area contributed by atoms with Crippen LogP contribution in [0.15, 0.2) is 35.1 Å². The van der Waals surface area contributed by atoms with Gasteiger partial charge in [0.2, 0.25) is 0 Å². The summed E-state index contributed by atoms with van der Waals surface area (Å²) in [6.07, 6.45) is 0. The standard InChI is InChI=1S/C19H26N2O/c1-12(2)11-21-18(9-8-17(15(5)20)19(21)22)16-7-6-13(3)10-14(16)4/h6-10,12,15H,11,20H2,1-5H3. The van der Waals surface area contributed by atoms with E-state index in [1.54, 1.807) is 0 Å². The van der Waals surface area contributed by atoms with Crippen molar-refractivity contribution in [1.29, 1.82) is 0 Å². The summed E-state index contributed by atoms with van der Waals surface area (Å²) in [5.74, 6) is 0.394. The molecule has 0 saturated heterocycles. The lowest BCUT2D eigenvalue weighted by Crippen LogP contribution is -2.29. The molecule has 0 aliphatic rings. The molecule has 0 aliphatic carbocycles. The Morgan fingerprint density at radius 1 is 1.09 bits per heavy atom. The lowest BCUT2D eigenvalue weighted by atomic mass is 10.0. The van der Waals surface area contributed by atoms with Crippen LogP contribution in [0, 0.1) is 19.8 Å². The van der Waals surface area contributed by atoms with Crippen LogP contribution in [0.5, 0.6) is 0 Å². The highest BCUT2D eigenvalue weighted by atomic mass is 16.1. The van der Waals surface area contributed by atoms with Gasteiger partial charge in [-0.2, -0.15) is 0 Å². The third kappa shape index (κ3) is 3.30. The Morgan fingerprint density at radius 2 is 1.77 bits per heavy atom.